The van der Waals surface area contributed by atoms with Gasteiger partial charge in [-0.2, -0.15) is 11.8 Å². The molecule has 0 fully saturated rings. The SMILES string of the molecule is CCCCCSCCCC(C)(NC)C(=O)OCC. The van der Waals surface area contributed by atoms with E-state index in [-0.39, 0.29) is 5.97 Å². The minimum absolute atomic E-state index is 0.136. The third-order valence-electron chi connectivity index (χ3n) is 3.14. The first-order valence-corrected chi connectivity index (χ1v) is 8.20. The highest BCUT2D eigenvalue weighted by atomic mass is 32.2. The second-order valence-electron chi connectivity index (χ2n) is 4.73. The second-order valence-corrected chi connectivity index (χ2v) is 5.95. The smallest absolute Gasteiger partial charge is 0.326 e. The molecule has 0 heterocycles. The van der Waals surface area contributed by atoms with Crippen molar-refractivity contribution in [2.24, 2.45) is 0 Å². The molecule has 0 rings (SSSR count). The van der Waals surface area contributed by atoms with Crippen LogP contribution in [0.25, 0.3) is 0 Å². The lowest BCUT2D eigenvalue weighted by Crippen LogP contribution is -2.48. The fraction of sp³-hybridized carbons (Fsp3) is 0.929. The van der Waals surface area contributed by atoms with E-state index in [1.54, 1.807) is 0 Å². The first kappa shape index (κ1) is 17.8. The maximum Gasteiger partial charge on any atom is 0.326 e. The number of ether oxygens (including phenoxy) is 1. The fourth-order valence-corrected chi connectivity index (χ4v) is 2.66. The molecule has 0 aromatic carbocycles. The Morgan fingerprint density at radius 2 is 1.89 bits per heavy atom. The fourth-order valence-electron chi connectivity index (χ4n) is 1.70. The molecule has 1 unspecified atom stereocenters. The third-order valence-corrected chi connectivity index (χ3v) is 4.29. The minimum Gasteiger partial charge on any atom is -0.465 e. The first-order chi connectivity index (χ1) is 8.60. The summed E-state index contributed by atoms with van der Waals surface area (Å²) in [5, 5.41) is 3.09. The Balaban J connectivity index is 3.76. The van der Waals surface area contributed by atoms with E-state index in [0.717, 1.165) is 18.6 Å². The molecule has 0 aliphatic carbocycles. The van der Waals surface area contributed by atoms with E-state index in [1.165, 1.54) is 25.0 Å². The number of carbonyl (C=O) groups is 1. The van der Waals surface area contributed by atoms with Crippen LogP contribution in [0.3, 0.4) is 0 Å². The van der Waals surface area contributed by atoms with E-state index in [1.807, 2.05) is 32.7 Å². The molecule has 0 aromatic rings. The monoisotopic (exact) mass is 275 g/mol. The van der Waals surface area contributed by atoms with Crippen LogP contribution >= 0.6 is 11.8 Å². The van der Waals surface area contributed by atoms with Crippen molar-refractivity contribution in [2.45, 2.75) is 58.4 Å². The van der Waals surface area contributed by atoms with Gasteiger partial charge in [-0.1, -0.05) is 19.8 Å². The van der Waals surface area contributed by atoms with Gasteiger partial charge in [0.05, 0.1) is 6.61 Å². The maximum absolute atomic E-state index is 11.8. The molecule has 3 nitrogen and oxygen atoms in total. The van der Waals surface area contributed by atoms with Gasteiger partial charge >= 0.3 is 5.97 Å². The molecule has 0 bridgehead atoms. The summed E-state index contributed by atoms with van der Waals surface area (Å²) in [6.45, 7) is 6.44. The van der Waals surface area contributed by atoms with Gasteiger partial charge in [0, 0.05) is 0 Å². The summed E-state index contributed by atoms with van der Waals surface area (Å²) < 4.78 is 5.10. The Labute approximate surface area is 116 Å². The van der Waals surface area contributed by atoms with E-state index < -0.39 is 5.54 Å². The summed E-state index contributed by atoms with van der Waals surface area (Å²) in [7, 11) is 1.82. The summed E-state index contributed by atoms with van der Waals surface area (Å²) in [5.74, 6) is 2.23. The zero-order valence-corrected chi connectivity index (χ0v) is 13.2. The predicted molar refractivity (Wildman–Crippen MR) is 80.2 cm³/mol. The van der Waals surface area contributed by atoms with Gasteiger partial charge in [-0.25, -0.2) is 0 Å². The van der Waals surface area contributed by atoms with Crippen molar-refractivity contribution in [2.75, 3.05) is 25.2 Å². The van der Waals surface area contributed by atoms with Crippen molar-refractivity contribution in [3.05, 3.63) is 0 Å². The number of likely N-dealkylation sites (N-methyl/N-ethyl adjacent to an activating group) is 1. The van der Waals surface area contributed by atoms with Crippen LogP contribution in [0.1, 0.15) is 52.9 Å². The van der Waals surface area contributed by atoms with Gasteiger partial charge in [-0.15, -0.1) is 0 Å². The average Bonchev–Trinajstić information content (AvgIpc) is 2.37. The molecular formula is C14H29NO2S. The van der Waals surface area contributed by atoms with E-state index in [2.05, 4.69) is 12.2 Å². The van der Waals surface area contributed by atoms with E-state index in [0.29, 0.717) is 6.61 Å². The molecular weight excluding hydrogens is 246 g/mol. The Morgan fingerprint density at radius 3 is 2.44 bits per heavy atom. The molecule has 0 radical (unpaired) electrons. The molecule has 1 atom stereocenters. The quantitative estimate of drug-likeness (QED) is 0.464. The van der Waals surface area contributed by atoms with Crippen LogP contribution in [-0.2, 0) is 9.53 Å². The molecule has 0 saturated carbocycles. The molecule has 0 spiro atoms. The largest absolute Gasteiger partial charge is 0.465 e. The Hall–Kier alpha value is -0.220. The summed E-state index contributed by atoms with van der Waals surface area (Å²) in [6.07, 6.45) is 5.80. The molecule has 18 heavy (non-hydrogen) atoms. The van der Waals surface area contributed by atoms with Crippen LogP contribution in [0.15, 0.2) is 0 Å². The zero-order chi connectivity index (χ0) is 13.9. The van der Waals surface area contributed by atoms with Crippen molar-refractivity contribution in [3.63, 3.8) is 0 Å². The first-order valence-electron chi connectivity index (χ1n) is 7.04. The molecule has 0 saturated heterocycles. The van der Waals surface area contributed by atoms with Crippen molar-refractivity contribution >= 4 is 17.7 Å². The van der Waals surface area contributed by atoms with Gasteiger partial charge < -0.3 is 10.1 Å². The van der Waals surface area contributed by atoms with Crippen LogP contribution in [-0.4, -0.2) is 36.7 Å². The van der Waals surface area contributed by atoms with Crippen LogP contribution in [0, 0.1) is 0 Å². The molecule has 0 aromatic heterocycles. The number of thioether (sulfide) groups is 1. The summed E-state index contributed by atoms with van der Waals surface area (Å²) in [4.78, 5) is 11.8. The van der Waals surface area contributed by atoms with Crippen molar-refractivity contribution in [1.29, 1.82) is 0 Å². The van der Waals surface area contributed by atoms with Gasteiger partial charge in [-0.05, 0) is 51.7 Å². The summed E-state index contributed by atoms with van der Waals surface area (Å²) in [5.41, 5.74) is -0.528. The van der Waals surface area contributed by atoms with Crippen LogP contribution in [0.2, 0.25) is 0 Å². The normalized spacial score (nSPS) is 14.2. The molecule has 0 amide bonds. The number of nitrogens with one attached hydrogen (secondary N) is 1. The lowest BCUT2D eigenvalue weighted by Gasteiger charge is -2.26. The third kappa shape index (κ3) is 7.27. The summed E-state index contributed by atoms with van der Waals surface area (Å²) >= 11 is 1.99. The topological polar surface area (TPSA) is 38.3 Å². The van der Waals surface area contributed by atoms with Crippen LogP contribution in [0.4, 0.5) is 0 Å². The highest BCUT2D eigenvalue weighted by molar-refractivity contribution is 7.99. The minimum atomic E-state index is -0.528. The predicted octanol–water partition coefficient (Wildman–Crippen LogP) is 3.23. The zero-order valence-electron chi connectivity index (χ0n) is 12.4. The number of hydrogen-bond donors (Lipinski definition) is 1. The molecule has 108 valence electrons. The lowest BCUT2D eigenvalue weighted by atomic mass is 9.97. The van der Waals surface area contributed by atoms with Gasteiger partial charge in [-0.3, -0.25) is 4.79 Å². The Morgan fingerprint density at radius 1 is 1.22 bits per heavy atom. The van der Waals surface area contributed by atoms with Gasteiger partial charge in [0.25, 0.3) is 0 Å². The maximum atomic E-state index is 11.8. The van der Waals surface area contributed by atoms with Gasteiger partial charge in [0.15, 0.2) is 0 Å². The Kier molecular flexibility index (Phi) is 10.5. The Bertz CT molecular complexity index is 224. The number of unbranched alkanes of at least 4 members (excludes halogenated alkanes) is 2. The summed E-state index contributed by atoms with van der Waals surface area (Å²) in [6, 6.07) is 0. The van der Waals surface area contributed by atoms with Crippen molar-refractivity contribution in [1.82, 2.24) is 5.32 Å². The number of carbonyl (C=O) groups excluding carboxylic acids is 1. The molecule has 0 aliphatic heterocycles. The van der Waals surface area contributed by atoms with Crippen LogP contribution < -0.4 is 5.32 Å². The lowest BCUT2D eigenvalue weighted by molar-refractivity contribution is -0.150. The second kappa shape index (κ2) is 10.7. The number of esters is 1. The van der Waals surface area contributed by atoms with Crippen molar-refractivity contribution < 1.29 is 9.53 Å². The number of hydrogen-bond acceptors (Lipinski definition) is 4. The average molecular weight is 275 g/mol. The standard InChI is InChI=1S/C14H29NO2S/c1-5-7-8-11-18-12-9-10-14(3,15-4)13(16)17-6-2/h15H,5-12H2,1-4H3. The van der Waals surface area contributed by atoms with Crippen molar-refractivity contribution in [3.8, 4) is 0 Å². The highest BCUT2D eigenvalue weighted by Gasteiger charge is 2.32. The molecule has 0 aliphatic rings. The highest BCUT2D eigenvalue weighted by Crippen LogP contribution is 2.17. The van der Waals surface area contributed by atoms with Crippen LogP contribution in [0.5, 0.6) is 0 Å². The molecule has 4 heteroatoms. The molecule has 1 N–H and O–H groups in total. The van der Waals surface area contributed by atoms with E-state index >= 15 is 0 Å². The number of rotatable bonds is 11. The van der Waals surface area contributed by atoms with E-state index in [4.69, 9.17) is 4.74 Å². The van der Waals surface area contributed by atoms with Gasteiger partial charge in [0.2, 0.25) is 0 Å². The van der Waals surface area contributed by atoms with E-state index in [9.17, 15) is 4.79 Å². The van der Waals surface area contributed by atoms with Gasteiger partial charge in [0.1, 0.15) is 5.54 Å².